The van der Waals surface area contributed by atoms with E-state index in [0.717, 1.165) is 30.3 Å². The topological polar surface area (TPSA) is 68.3 Å². The monoisotopic (exact) mass is 363 g/mol. The number of pyridine rings is 1. The summed E-state index contributed by atoms with van der Waals surface area (Å²) in [6.07, 6.45) is 4.72. The van der Waals surface area contributed by atoms with Crippen molar-refractivity contribution >= 4 is 34.2 Å². The third-order valence-electron chi connectivity index (χ3n) is 3.47. The second kappa shape index (κ2) is 7.81. The number of likely N-dealkylation sites (tertiary alicyclic amines) is 1. The number of rotatable bonds is 3. The summed E-state index contributed by atoms with van der Waals surface area (Å²) in [7, 11) is 0. The van der Waals surface area contributed by atoms with E-state index in [-0.39, 0.29) is 36.5 Å². The summed E-state index contributed by atoms with van der Waals surface area (Å²) in [5, 5.41) is 0. The smallest absolute Gasteiger partial charge is 0.251 e. The van der Waals surface area contributed by atoms with Gasteiger partial charge in [-0.3, -0.25) is 9.59 Å². The highest BCUT2D eigenvalue weighted by molar-refractivity contribution is 9.10. The van der Waals surface area contributed by atoms with Gasteiger partial charge in [-0.2, -0.15) is 0 Å². The van der Waals surface area contributed by atoms with Crippen molar-refractivity contribution in [3.63, 3.8) is 0 Å². The van der Waals surface area contributed by atoms with Crippen molar-refractivity contribution in [3.8, 4) is 0 Å². The van der Waals surface area contributed by atoms with Crippen LogP contribution in [0.3, 0.4) is 0 Å². The van der Waals surface area contributed by atoms with Gasteiger partial charge in [0.15, 0.2) is 0 Å². The largest absolute Gasteiger partial charge is 0.337 e. The third-order valence-corrected chi connectivity index (χ3v) is 3.94. The molecule has 1 amide bonds. The van der Waals surface area contributed by atoms with Crippen molar-refractivity contribution in [1.29, 1.82) is 0 Å². The van der Waals surface area contributed by atoms with Crippen molar-refractivity contribution < 1.29 is 4.79 Å². The Bertz CT molecular complexity index is 521. The minimum Gasteiger partial charge on any atom is -0.337 e. The normalized spacial score (nSPS) is 18.5. The summed E-state index contributed by atoms with van der Waals surface area (Å²) in [5.74, 6) is -0.0321. The number of hydrogen-bond acceptors (Lipinski definition) is 3. The molecule has 2 N–H and O–H groups in total. The molecule has 7 heteroatoms. The summed E-state index contributed by atoms with van der Waals surface area (Å²) in [4.78, 5) is 25.8. The lowest BCUT2D eigenvalue weighted by molar-refractivity contribution is -0.135. The van der Waals surface area contributed by atoms with E-state index in [4.69, 9.17) is 5.73 Å². The van der Waals surface area contributed by atoms with Gasteiger partial charge in [0.25, 0.3) is 5.56 Å². The highest BCUT2D eigenvalue weighted by Crippen LogP contribution is 2.16. The van der Waals surface area contributed by atoms with Crippen LogP contribution in [0.1, 0.15) is 19.3 Å². The second-order valence-electron chi connectivity index (χ2n) is 4.79. The predicted molar refractivity (Wildman–Crippen MR) is 84.1 cm³/mol. The molecule has 0 radical (unpaired) electrons. The summed E-state index contributed by atoms with van der Waals surface area (Å²) < 4.78 is 2.21. The molecule has 0 spiro atoms. The van der Waals surface area contributed by atoms with Crippen molar-refractivity contribution in [2.75, 3.05) is 13.1 Å². The first-order valence-corrected chi connectivity index (χ1v) is 7.26. The van der Waals surface area contributed by atoms with E-state index in [0.29, 0.717) is 6.54 Å². The first-order valence-electron chi connectivity index (χ1n) is 6.47. The Kier molecular flexibility index (Phi) is 6.71. The lowest BCUT2D eigenvalue weighted by atomic mass is 10.0. The molecular weight excluding hydrogens is 346 g/mol. The fraction of sp³-hybridized carbons (Fsp3) is 0.538. The SMILES string of the molecule is Cl.NCC1CCCCN1C(=O)Cn1cc(Br)ccc1=O. The molecule has 1 aliphatic rings. The van der Waals surface area contributed by atoms with Crippen LogP contribution in [0, 0.1) is 0 Å². The van der Waals surface area contributed by atoms with Crippen molar-refractivity contribution in [2.24, 2.45) is 5.73 Å². The van der Waals surface area contributed by atoms with Crippen LogP contribution in [0.2, 0.25) is 0 Å². The van der Waals surface area contributed by atoms with Gasteiger partial charge in [0.05, 0.1) is 0 Å². The minimum atomic E-state index is -0.169. The van der Waals surface area contributed by atoms with Gasteiger partial charge in [0.1, 0.15) is 6.54 Å². The van der Waals surface area contributed by atoms with Crippen LogP contribution >= 0.6 is 28.3 Å². The molecule has 0 aliphatic carbocycles. The second-order valence-corrected chi connectivity index (χ2v) is 5.70. The van der Waals surface area contributed by atoms with Crippen LogP contribution in [-0.2, 0) is 11.3 Å². The Balaban J connectivity index is 0.00000200. The van der Waals surface area contributed by atoms with E-state index in [2.05, 4.69) is 15.9 Å². The highest BCUT2D eigenvalue weighted by Gasteiger charge is 2.25. The maximum Gasteiger partial charge on any atom is 0.251 e. The Hall–Kier alpha value is -0.850. The molecule has 5 nitrogen and oxygen atoms in total. The zero-order valence-corrected chi connectivity index (χ0v) is 13.5. The summed E-state index contributed by atoms with van der Waals surface area (Å²) >= 11 is 3.30. The highest BCUT2D eigenvalue weighted by atomic mass is 79.9. The molecule has 20 heavy (non-hydrogen) atoms. The van der Waals surface area contributed by atoms with Crippen molar-refractivity contribution in [3.05, 3.63) is 33.2 Å². The number of halogens is 2. The number of carbonyl (C=O) groups excluding carboxylic acids is 1. The molecule has 1 aromatic heterocycles. The number of nitrogens with two attached hydrogens (primary N) is 1. The zero-order valence-electron chi connectivity index (χ0n) is 11.1. The van der Waals surface area contributed by atoms with Gasteiger partial charge in [0, 0.05) is 35.9 Å². The van der Waals surface area contributed by atoms with E-state index in [9.17, 15) is 9.59 Å². The van der Waals surface area contributed by atoms with Gasteiger partial charge in [-0.05, 0) is 41.3 Å². The molecule has 0 saturated carbocycles. The first kappa shape index (κ1) is 17.2. The summed E-state index contributed by atoms with van der Waals surface area (Å²) in [5.41, 5.74) is 5.54. The van der Waals surface area contributed by atoms with Crippen LogP contribution in [0.5, 0.6) is 0 Å². The van der Waals surface area contributed by atoms with Gasteiger partial charge in [-0.1, -0.05) is 0 Å². The molecule has 0 aromatic carbocycles. The van der Waals surface area contributed by atoms with Gasteiger partial charge >= 0.3 is 0 Å². The fourth-order valence-corrected chi connectivity index (χ4v) is 2.82. The standard InChI is InChI=1S/C13H18BrN3O2.ClH/c14-10-4-5-12(18)16(8-10)9-13(19)17-6-2-1-3-11(17)7-15;/h4-5,8,11H,1-3,6-7,9,15H2;1H. The zero-order chi connectivity index (χ0) is 13.8. The number of piperidine rings is 1. The fourth-order valence-electron chi connectivity index (χ4n) is 2.44. The maximum atomic E-state index is 12.3. The lowest BCUT2D eigenvalue weighted by Gasteiger charge is -2.35. The van der Waals surface area contributed by atoms with Gasteiger partial charge in [-0.15, -0.1) is 12.4 Å². The van der Waals surface area contributed by atoms with Crippen molar-refractivity contribution in [2.45, 2.75) is 31.8 Å². The molecule has 1 saturated heterocycles. The number of amides is 1. The van der Waals surface area contributed by atoms with Crippen LogP contribution in [0.4, 0.5) is 0 Å². The Morgan fingerprint density at radius 2 is 2.15 bits per heavy atom. The van der Waals surface area contributed by atoms with Gasteiger partial charge < -0.3 is 15.2 Å². The van der Waals surface area contributed by atoms with E-state index >= 15 is 0 Å². The third kappa shape index (κ3) is 4.07. The number of carbonyl (C=O) groups is 1. The average molecular weight is 365 g/mol. The van der Waals surface area contributed by atoms with Crippen LogP contribution in [-0.4, -0.2) is 34.5 Å². The first-order chi connectivity index (χ1) is 9.11. The van der Waals surface area contributed by atoms with Crippen molar-refractivity contribution in [1.82, 2.24) is 9.47 Å². The molecule has 1 unspecified atom stereocenters. The predicted octanol–water partition coefficient (Wildman–Crippen LogP) is 1.37. The Morgan fingerprint density at radius 3 is 2.85 bits per heavy atom. The van der Waals surface area contributed by atoms with E-state index in [1.54, 1.807) is 12.3 Å². The molecule has 1 fully saturated rings. The molecule has 1 aliphatic heterocycles. The van der Waals surface area contributed by atoms with E-state index in [1.807, 2.05) is 4.90 Å². The molecule has 2 rings (SSSR count). The lowest BCUT2D eigenvalue weighted by Crippen LogP contribution is -2.49. The molecule has 1 aromatic rings. The molecule has 112 valence electrons. The van der Waals surface area contributed by atoms with E-state index < -0.39 is 0 Å². The Morgan fingerprint density at radius 1 is 1.40 bits per heavy atom. The molecular formula is C13H19BrClN3O2. The summed E-state index contributed by atoms with van der Waals surface area (Å²) in [6, 6.07) is 3.24. The number of hydrogen-bond donors (Lipinski definition) is 1. The van der Waals surface area contributed by atoms with Crippen LogP contribution in [0.25, 0.3) is 0 Å². The quantitative estimate of drug-likeness (QED) is 0.881. The number of aromatic nitrogens is 1. The van der Waals surface area contributed by atoms with Crippen LogP contribution in [0.15, 0.2) is 27.6 Å². The van der Waals surface area contributed by atoms with Gasteiger partial charge in [-0.25, -0.2) is 0 Å². The van der Waals surface area contributed by atoms with Gasteiger partial charge in [0.2, 0.25) is 5.91 Å². The average Bonchev–Trinajstić information content (AvgIpc) is 2.42. The summed E-state index contributed by atoms with van der Waals surface area (Å²) in [6.45, 7) is 1.30. The molecule has 1 atom stereocenters. The van der Waals surface area contributed by atoms with Crippen LogP contribution < -0.4 is 11.3 Å². The maximum absolute atomic E-state index is 12.3. The molecule has 2 heterocycles. The minimum absolute atomic E-state index is 0. The molecule has 0 bridgehead atoms. The van der Waals surface area contributed by atoms with E-state index in [1.165, 1.54) is 10.6 Å². The number of nitrogens with zero attached hydrogens (tertiary/aromatic N) is 2. The Labute approximate surface area is 132 Å².